The summed E-state index contributed by atoms with van der Waals surface area (Å²) in [5.41, 5.74) is 5.21. The van der Waals surface area contributed by atoms with Crippen LogP contribution in [0.1, 0.15) is 24.5 Å². The van der Waals surface area contributed by atoms with E-state index in [0.717, 1.165) is 30.5 Å². The van der Waals surface area contributed by atoms with Crippen molar-refractivity contribution in [1.29, 1.82) is 0 Å². The maximum Gasteiger partial charge on any atom is 0.322 e. The van der Waals surface area contributed by atoms with E-state index in [4.69, 9.17) is 4.74 Å². The Morgan fingerprint density at radius 1 is 1.06 bits per heavy atom. The van der Waals surface area contributed by atoms with Crippen LogP contribution in [-0.2, 0) is 22.4 Å². The molecule has 3 amide bonds. The average Bonchev–Trinajstić information content (AvgIpc) is 3.19. The Labute approximate surface area is 196 Å². The number of hydrogen-bond acceptors (Lipinski definition) is 4. The first-order valence-electron chi connectivity index (χ1n) is 11.6. The highest BCUT2D eigenvalue weighted by Gasteiger charge is 2.40. The van der Waals surface area contributed by atoms with Crippen LogP contribution in [0.3, 0.4) is 0 Å². The van der Waals surface area contributed by atoms with Crippen molar-refractivity contribution in [3.05, 3.63) is 53.6 Å². The van der Waals surface area contributed by atoms with Crippen LogP contribution >= 0.6 is 0 Å². The molecule has 0 aliphatic carbocycles. The largest absolute Gasteiger partial charge is 0.380 e. The third-order valence-corrected chi connectivity index (χ3v) is 6.94. The molecule has 0 spiro atoms. The fraction of sp³-hybridized carbons (Fsp3) is 0.440. The van der Waals surface area contributed by atoms with E-state index in [0.29, 0.717) is 24.7 Å². The highest BCUT2D eigenvalue weighted by Crippen LogP contribution is 2.26. The standard InChI is InChI=1S/C25H33BN4O3/c1-16-12-18-13-21(7-4-17(18)10-11-29(16)2)27-24(31)23-14-22(33-3)15-30(23)25(32)28-20-8-5-19(26)6-9-20/h4-9,13,16,22-23H,10-12,14-15,26H2,1-3H3,(H,27,31)(H,28,32)/t16?,22?,23-/m1/s1. The van der Waals surface area contributed by atoms with Gasteiger partial charge >= 0.3 is 6.03 Å². The van der Waals surface area contributed by atoms with E-state index in [1.807, 2.05) is 38.2 Å². The zero-order valence-electron chi connectivity index (χ0n) is 19.9. The molecule has 2 aromatic rings. The summed E-state index contributed by atoms with van der Waals surface area (Å²) >= 11 is 0. The van der Waals surface area contributed by atoms with Crippen molar-refractivity contribution in [3.63, 3.8) is 0 Å². The van der Waals surface area contributed by atoms with Crippen molar-refractivity contribution in [2.24, 2.45) is 0 Å². The zero-order valence-corrected chi connectivity index (χ0v) is 19.9. The highest BCUT2D eigenvalue weighted by atomic mass is 16.5. The predicted molar refractivity (Wildman–Crippen MR) is 134 cm³/mol. The van der Waals surface area contributed by atoms with E-state index in [-0.39, 0.29) is 18.0 Å². The van der Waals surface area contributed by atoms with Gasteiger partial charge in [-0.25, -0.2) is 4.79 Å². The molecule has 0 aromatic heterocycles. The number of hydrogen-bond donors (Lipinski definition) is 2. The Bertz CT molecular complexity index is 1010. The molecule has 174 valence electrons. The molecule has 8 heteroatoms. The van der Waals surface area contributed by atoms with Gasteiger partial charge in [0.2, 0.25) is 5.91 Å². The average molecular weight is 448 g/mol. The smallest absolute Gasteiger partial charge is 0.322 e. The predicted octanol–water partition coefficient (Wildman–Crippen LogP) is 1.62. The second-order valence-corrected chi connectivity index (χ2v) is 9.31. The third kappa shape index (κ3) is 5.39. The number of likely N-dealkylation sites (tertiary alicyclic amines) is 1. The van der Waals surface area contributed by atoms with Gasteiger partial charge in [-0.1, -0.05) is 23.7 Å². The summed E-state index contributed by atoms with van der Waals surface area (Å²) in [7, 11) is 5.77. The van der Waals surface area contributed by atoms with Gasteiger partial charge in [0, 0.05) is 44.0 Å². The van der Waals surface area contributed by atoms with Crippen LogP contribution in [0.5, 0.6) is 0 Å². The van der Waals surface area contributed by atoms with E-state index in [2.05, 4.69) is 41.6 Å². The first kappa shape index (κ1) is 23.3. The van der Waals surface area contributed by atoms with Crippen LogP contribution in [-0.4, -0.2) is 75.0 Å². The van der Waals surface area contributed by atoms with E-state index in [1.54, 1.807) is 12.0 Å². The summed E-state index contributed by atoms with van der Waals surface area (Å²) in [4.78, 5) is 30.2. The van der Waals surface area contributed by atoms with Crippen molar-refractivity contribution in [1.82, 2.24) is 9.80 Å². The number of carbonyl (C=O) groups is 2. The number of rotatable bonds is 4. The molecule has 1 saturated heterocycles. The van der Waals surface area contributed by atoms with Crippen LogP contribution in [0.25, 0.3) is 0 Å². The van der Waals surface area contributed by atoms with Gasteiger partial charge in [0.25, 0.3) is 0 Å². The lowest BCUT2D eigenvalue weighted by atomic mass is 9.96. The third-order valence-electron chi connectivity index (χ3n) is 6.94. The first-order valence-corrected chi connectivity index (χ1v) is 11.6. The molecular weight excluding hydrogens is 415 g/mol. The second-order valence-electron chi connectivity index (χ2n) is 9.31. The lowest BCUT2D eigenvalue weighted by Crippen LogP contribution is -2.45. The molecule has 0 radical (unpaired) electrons. The summed E-state index contributed by atoms with van der Waals surface area (Å²) in [6.07, 6.45) is 2.26. The van der Waals surface area contributed by atoms with Crippen molar-refractivity contribution < 1.29 is 14.3 Å². The fourth-order valence-corrected chi connectivity index (χ4v) is 4.63. The summed E-state index contributed by atoms with van der Waals surface area (Å²) < 4.78 is 5.49. The highest BCUT2D eigenvalue weighted by molar-refractivity contribution is 6.32. The minimum Gasteiger partial charge on any atom is -0.380 e. The number of benzene rings is 2. The molecule has 7 nitrogen and oxygen atoms in total. The molecule has 3 atom stereocenters. The van der Waals surface area contributed by atoms with E-state index >= 15 is 0 Å². The summed E-state index contributed by atoms with van der Waals surface area (Å²) in [6.45, 7) is 3.64. The molecule has 4 rings (SSSR count). The van der Waals surface area contributed by atoms with Gasteiger partial charge in [-0.2, -0.15) is 0 Å². The number of carbonyl (C=O) groups excluding carboxylic acids is 2. The number of nitrogens with zero attached hydrogens (tertiary/aromatic N) is 2. The molecule has 2 aliphatic rings. The van der Waals surface area contributed by atoms with Gasteiger partial charge in [0.05, 0.1) is 6.10 Å². The van der Waals surface area contributed by atoms with Gasteiger partial charge in [-0.15, -0.1) is 0 Å². The minimum atomic E-state index is -0.593. The maximum atomic E-state index is 13.2. The van der Waals surface area contributed by atoms with Crippen LogP contribution < -0.4 is 16.1 Å². The topological polar surface area (TPSA) is 73.9 Å². The minimum absolute atomic E-state index is 0.173. The van der Waals surface area contributed by atoms with Crippen LogP contribution in [0.2, 0.25) is 0 Å². The molecule has 33 heavy (non-hydrogen) atoms. The normalized spacial score (nSPS) is 23.0. The van der Waals surface area contributed by atoms with Crippen LogP contribution in [0.15, 0.2) is 42.5 Å². The zero-order chi connectivity index (χ0) is 23.5. The number of urea groups is 1. The molecule has 2 N–H and O–H groups in total. The lowest BCUT2D eigenvalue weighted by Gasteiger charge is -2.24. The summed E-state index contributed by atoms with van der Waals surface area (Å²) in [5, 5.41) is 5.96. The Hall–Kier alpha value is -2.84. The van der Waals surface area contributed by atoms with Gasteiger partial charge < -0.3 is 25.2 Å². The molecular formula is C25H33BN4O3. The molecule has 0 bridgehead atoms. The number of ether oxygens (including phenoxy) is 1. The molecule has 2 unspecified atom stereocenters. The number of amides is 3. The summed E-state index contributed by atoms with van der Waals surface area (Å²) in [5.74, 6) is -0.188. The van der Waals surface area contributed by atoms with E-state index in [9.17, 15) is 9.59 Å². The van der Waals surface area contributed by atoms with Crippen molar-refractivity contribution in [2.45, 2.75) is 44.4 Å². The van der Waals surface area contributed by atoms with Crippen LogP contribution in [0, 0.1) is 0 Å². The molecule has 0 saturated carbocycles. The number of methoxy groups -OCH3 is 1. The van der Waals surface area contributed by atoms with Gasteiger partial charge in [-0.3, -0.25) is 4.79 Å². The van der Waals surface area contributed by atoms with Gasteiger partial charge in [0.15, 0.2) is 0 Å². The van der Waals surface area contributed by atoms with Crippen molar-refractivity contribution >= 4 is 36.6 Å². The van der Waals surface area contributed by atoms with Crippen LogP contribution in [0.4, 0.5) is 16.2 Å². The number of likely N-dealkylation sites (N-methyl/N-ethyl adjacent to an activating group) is 1. The quantitative estimate of drug-likeness (QED) is 0.698. The van der Waals surface area contributed by atoms with E-state index < -0.39 is 6.04 Å². The Kier molecular flexibility index (Phi) is 7.05. The molecule has 2 aliphatic heterocycles. The van der Waals surface area contributed by atoms with Crippen molar-refractivity contribution in [2.75, 3.05) is 37.9 Å². The van der Waals surface area contributed by atoms with Gasteiger partial charge in [0.1, 0.15) is 13.9 Å². The Balaban J connectivity index is 1.47. The summed E-state index contributed by atoms with van der Waals surface area (Å²) in [6, 6.07) is 13.3. The second kappa shape index (κ2) is 9.97. The first-order chi connectivity index (χ1) is 15.8. The lowest BCUT2D eigenvalue weighted by molar-refractivity contribution is -0.119. The number of fused-ring (bicyclic) bond motifs is 1. The Morgan fingerprint density at radius 2 is 1.79 bits per heavy atom. The Morgan fingerprint density at radius 3 is 2.52 bits per heavy atom. The maximum absolute atomic E-state index is 13.2. The molecule has 2 heterocycles. The number of anilines is 2. The molecule has 2 aromatic carbocycles. The van der Waals surface area contributed by atoms with Crippen molar-refractivity contribution in [3.8, 4) is 0 Å². The number of nitrogens with one attached hydrogen (secondary N) is 2. The monoisotopic (exact) mass is 448 g/mol. The van der Waals surface area contributed by atoms with Gasteiger partial charge in [-0.05, 0) is 62.2 Å². The SMILES string of the molecule is Bc1ccc(NC(=O)N2CC(OC)C[C@@H]2C(=O)Nc2ccc3c(c2)CC(C)N(C)CC3)cc1. The molecule has 1 fully saturated rings. The van der Waals surface area contributed by atoms with E-state index in [1.165, 1.54) is 11.1 Å². The fourth-order valence-electron chi connectivity index (χ4n) is 4.63.